The Morgan fingerprint density at radius 3 is 2.28 bits per heavy atom. The molecular formula is C14H21NO3. The molecule has 0 aliphatic rings. The molecular weight excluding hydrogens is 230 g/mol. The summed E-state index contributed by atoms with van der Waals surface area (Å²) in [5.74, 6) is 0.645. The summed E-state index contributed by atoms with van der Waals surface area (Å²) in [7, 11) is 1.68. The number of hydrogen-bond donors (Lipinski definition) is 1. The highest BCUT2D eigenvalue weighted by atomic mass is 16.5. The van der Waals surface area contributed by atoms with Crippen LogP contribution in [0.15, 0.2) is 24.3 Å². The van der Waals surface area contributed by atoms with E-state index in [-0.39, 0.29) is 24.7 Å². The number of rotatable bonds is 5. The Kier molecular flexibility index (Phi) is 5.16. The molecule has 1 unspecified atom stereocenters. The predicted molar refractivity (Wildman–Crippen MR) is 70.8 cm³/mol. The molecule has 1 aromatic carbocycles. The molecule has 0 radical (unpaired) electrons. The fourth-order valence-corrected chi connectivity index (χ4v) is 1.47. The first-order valence-electron chi connectivity index (χ1n) is 6.10. The molecule has 0 bridgehead atoms. The number of benzene rings is 1. The number of aliphatic hydroxyl groups excluding tert-OH is 1. The lowest BCUT2D eigenvalue weighted by Gasteiger charge is -2.23. The summed E-state index contributed by atoms with van der Waals surface area (Å²) in [5.41, 5.74) is 0.592. The highest BCUT2D eigenvalue weighted by Gasteiger charge is 2.16. The van der Waals surface area contributed by atoms with Crippen LogP contribution in [-0.4, -0.2) is 41.7 Å². The summed E-state index contributed by atoms with van der Waals surface area (Å²) >= 11 is 0. The van der Waals surface area contributed by atoms with Gasteiger partial charge >= 0.3 is 0 Å². The molecule has 0 aliphatic carbocycles. The van der Waals surface area contributed by atoms with Crippen LogP contribution in [0.3, 0.4) is 0 Å². The Labute approximate surface area is 108 Å². The lowest BCUT2D eigenvalue weighted by Crippen LogP contribution is -2.37. The molecule has 0 spiro atoms. The fourth-order valence-electron chi connectivity index (χ4n) is 1.47. The Morgan fingerprint density at radius 2 is 1.83 bits per heavy atom. The van der Waals surface area contributed by atoms with Gasteiger partial charge in [-0.1, -0.05) is 0 Å². The third-order valence-electron chi connectivity index (χ3n) is 2.72. The average Bonchev–Trinajstić information content (AvgIpc) is 2.36. The number of nitrogens with zero attached hydrogens (tertiary/aromatic N) is 1. The van der Waals surface area contributed by atoms with Crippen molar-refractivity contribution >= 4 is 5.91 Å². The molecule has 1 N–H and O–H groups in total. The fraction of sp³-hybridized carbons (Fsp3) is 0.500. The number of carbonyl (C=O) groups is 1. The zero-order valence-electron chi connectivity index (χ0n) is 11.4. The summed E-state index contributed by atoms with van der Waals surface area (Å²) in [5, 5.41) is 9.03. The quantitative estimate of drug-likeness (QED) is 0.870. The molecule has 0 saturated heterocycles. The van der Waals surface area contributed by atoms with Gasteiger partial charge in [0, 0.05) is 12.6 Å². The van der Waals surface area contributed by atoms with Gasteiger partial charge in [0.2, 0.25) is 0 Å². The van der Waals surface area contributed by atoms with Crippen LogP contribution < -0.4 is 4.74 Å². The Morgan fingerprint density at radius 1 is 1.28 bits per heavy atom. The largest absolute Gasteiger partial charge is 0.491 e. The second kappa shape index (κ2) is 6.40. The first kappa shape index (κ1) is 14.5. The van der Waals surface area contributed by atoms with Crippen LogP contribution in [0.4, 0.5) is 0 Å². The maximum atomic E-state index is 12.1. The van der Waals surface area contributed by atoms with Crippen molar-refractivity contribution in [3.8, 4) is 5.75 Å². The highest BCUT2D eigenvalue weighted by Crippen LogP contribution is 2.15. The SMILES string of the molecule is CC(C)Oc1ccc(C(=O)N(C)C(C)CO)cc1. The molecule has 1 aromatic rings. The molecule has 0 aromatic heterocycles. The minimum atomic E-state index is -0.191. The van der Waals surface area contributed by atoms with E-state index < -0.39 is 0 Å². The van der Waals surface area contributed by atoms with E-state index >= 15 is 0 Å². The number of ether oxygens (including phenoxy) is 1. The molecule has 0 saturated carbocycles. The maximum absolute atomic E-state index is 12.1. The van der Waals surface area contributed by atoms with Gasteiger partial charge in [-0.2, -0.15) is 0 Å². The van der Waals surface area contributed by atoms with Crippen LogP contribution in [0, 0.1) is 0 Å². The maximum Gasteiger partial charge on any atom is 0.253 e. The molecule has 1 atom stereocenters. The van der Waals surface area contributed by atoms with Gasteiger partial charge in [0.05, 0.1) is 18.8 Å². The van der Waals surface area contributed by atoms with Crippen molar-refractivity contribution in [2.45, 2.75) is 32.9 Å². The van der Waals surface area contributed by atoms with Gasteiger partial charge in [0.1, 0.15) is 5.75 Å². The van der Waals surface area contributed by atoms with Gasteiger partial charge in [-0.3, -0.25) is 4.79 Å². The average molecular weight is 251 g/mol. The number of likely N-dealkylation sites (N-methyl/N-ethyl adjacent to an activating group) is 1. The van der Waals surface area contributed by atoms with Crippen LogP contribution in [0.5, 0.6) is 5.75 Å². The Hall–Kier alpha value is -1.55. The van der Waals surface area contributed by atoms with Crippen molar-refractivity contribution < 1.29 is 14.6 Å². The molecule has 4 heteroatoms. The van der Waals surface area contributed by atoms with E-state index in [1.165, 1.54) is 4.90 Å². The predicted octanol–water partition coefficient (Wildman–Crippen LogP) is 1.93. The van der Waals surface area contributed by atoms with Crippen molar-refractivity contribution in [3.05, 3.63) is 29.8 Å². The summed E-state index contributed by atoms with van der Waals surface area (Å²) in [6.07, 6.45) is 0.114. The molecule has 0 aliphatic heterocycles. The summed E-state index contributed by atoms with van der Waals surface area (Å²) in [6, 6.07) is 6.85. The number of carbonyl (C=O) groups excluding carboxylic acids is 1. The first-order valence-corrected chi connectivity index (χ1v) is 6.10. The minimum Gasteiger partial charge on any atom is -0.491 e. The molecule has 0 fully saturated rings. The summed E-state index contributed by atoms with van der Waals surface area (Å²) in [4.78, 5) is 13.6. The highest BCUT2D eigenvalue weighted by molar-refractivity contribution is 5.94. The molecule has 1 amide bonds. The third kappa shape index (κ3) is 3.74. The number of aliphatic hydroxyl groups is 1. The van der Waals surface area contributed by atoms with Crippen LogP contribution >= 0.6 is 0 Å². The van der Waals surface area contributed by atoms with Gasteiger partial charge < -0.3 is 14.7 Å². The number of amides is 1. The van der Waals surface area contributed by atoms with Crippen LogP contribution in [0.2, 0.25) is 0 Å². The second-order valence-electron chi connectivity index (χ2n) is 4.64. The smallest absolute Gasteiger partial charge is 0.253 e. The van der Waals surface area contributed by atoms with E-state index in [9.17, 15) is 4.79 Å². The standard InChI is InChI=1S/C14H21NO3/c1-10(2)18-13-7-5-12(6-8-13)14(17)15(4)11(3)9-16/h5-8,10-11,16H,9H2,1-4H3. The normalized spacial score (nSPS) is 12.3. The van der Waals surface area contributed by atoms with E-state index in [1.54, 1.807) is 38.2 Å². The third-order valence-corrected chi connectivity index (χ3v) is 2.72. The van der Waals surface area contributed by atoms with Crippen molar-refractivity contribution in [2.24, 2.45) is 0 Å². The van der Waals surface area contributed by atoms with Gasteiger partial charge in [0.15, 0.2) is 0 Å². The van der Waals surface area contributed by atoms with Crippen molar-refractivity contribution in [2.75, 3.05) is 13.7 Å². The van der Waals surface area contributed by atoms with Crippen LogP contribution in [-0.2, 0) is 0 Å². The molecule has 18 heavy (non-hydrogen) atoms. The lowest BCUT2D eigenvalue weighted by molar-refractivity contribution is 0.0682. The molecule has 4 nitrogen and oxygen atoms in total. The van der Waals surface area contributed by atoms with E-state index in [0.717, 1.165) is 5.75 Å². The van der Waals surface area contributed by atoms with E-state index in [4.69, 9.17) is 9.84 Å². The molecule has 0 heterocycles. The first-order chi connectivity index (χ1) is 8.45. The van der Waals surface area contributed by atoms with Crippen molar-refractivity contribution in [1.29, 1.82) is 0 Å². The zero-order valence-corrected chi connectivity index (χ0v) is 11.4. The Balaban J connectivity index is 2.75. The summed E-state index contributed by atoms with van der Waals surface area (Å²) < 4.78 is 5.51. The Bertz CT molecular complexity index is 387. The van der Waals surface area contributed by atoms with Crippen molar-refractivity contribution in [1.82, 2.24) is 4.90 Å². The summed E-state index contributed by atoms with van der Waals surface area (Å²) in [6.45, 7) is 5.66. The zero-order chi connectivity index (χ0) is 13.7. The van der Waals surface area contributed by atoms with Crippen LogP contribution in [0.25, 0.3) is 0 Å². The van der Waals surface area contributed by atoms with E-state index in [1.807, 2.05) is 13.8 Å². The van der Waals surface area contributed by atoms with E-state index in [0.29, 0.717) is 5.56 Å². The van der Waals surface area contributed by atoms with Gasteiger partial charge in [-0.25, -0.2) is 0 Å². The number of hydrogen-bond acceptors (Lipinski definition) is 3. The van der Waals surface area contributed by atoms with E-state index in [2.05, 4.69) is 0 Å². The van der Waals surface area contributed by atoms with Gasteiger partial charge in [-0.05, 0) is 45.0 Å². The molecule has 100 valence electrons. The minimum absolute atomic E-state index is 0.0449. The van der Waals surface area contributed by atoms with Crippen molar-refractivity contribution in [3.63, 3.8) is 0 Å². The topological polar surface area (TPSA) is 49.8 Å². The molecule has 1 rings (SSSR count). The van der Waals surface area contributed by atoms with Crippen LogP contribution in [0.1, 0.15) is 31.1 Å². The second-order valence-corrected chi connectivity index (χ2v) is 4.64. The van der Waals surface area contributed by atoms with Gasteiger partial charge in [-0.15, -0.1) is 0 Å². The lowest BCUT2D eigenvalue weighted by atomic mass is 10.1. The monoisotopic (exact) mass is 251 g/mol. The van der Waals surface area contributed by atoms with Gasteiger partial charge in [0.25, 0.3) is 5.91 Å².